The first kappa shape index (κ1) is 38.8. The number of amidine groups is 2. The van der Waals surface area contributed by atoms with Crippen LogP contribution in [0.2, 0.25) is 0 Å². The minimum absolute atomic E-state index is 0.0344. The second-order valence-corrected chi connectivity index (χ2v) is 12.4. The van der Waals surface area contributed by atoms with Crippen LogP contribution in [0.1, 0.15) is 32.6 Å². The molecule has 268 valence electrons. The highest BCUT2D eigenvalue weighted by atomic mass is 16.7. The summed E-state index contributed by atoms with van der Waals surface area (Å²) in [6.07, 6.45) is -12.3. The van der Waals surface area contributed by atoms with E-state index in [1.165, 1.54) is 6.92 Å². The van der Waals surface area contributed by atoms with Crippen LogP contribution in [-0.2, 0) is 18.9 Å². The van der Waals surface area contributed by atoms with Gasteiger partial charge < -0.3 is 88.1 Å². The molecular weight excluding hydrogens is 614 g/mol. The molecule has 0 spiro atoms. The largest absolute Gasteiger partial charge is 0.394 e. The lowest BCUT2D eigenvalue weighted by atomic mass is 9.84. The number of nitrogens with two attached hydrogens (primary N) is 4. The molecule has 19 nitrogen and oxygen atoms in total. The number of likely N-dealkylation sites (N-methyl/N-ethyl adjacent to an activating group) is 1. The summed E-state index contributed by atoms with van der Waals surface area (Å²) in [4.78, 5) is 8.34. The average molecular weight is 668 g/mol. The molecule has 3 fully saturated rings. The summed E-state index contributed by atoms with van der Waals surface area (Å²) in [7, 11) is 1.58. The molecule has 1 saturated carbocycles. The molecule has 15 atom stereocenters. The normalized spacial score (nSPS) is 41.9. The van der Waals surface area contributed by atoms with Crippen LogP contribution in [0.15, 0.2) is 9.98 Å². The van der Waals surface area contributed by atoms with Crippen molar-refractivity contribution in [2.75, 3.05) is 33.4 Å². The van der Waals surface area contributed by atoms with Gasteiger partial charge in [-0.25, -0.2) is 0 Å². The minimum Gasteiger partial charge on any atom is -0.394 e. The highest BCUT2D eigenvalue weighted by Crippen LogP contribution is 2.33. The summed E-state index contributed by atoms with van der Waals surface area (Å²) in [6.45, 7) is 0.145. The van der Waals surface area contributed by atoms with E-state index < -0.39 is 110 Å². The van der Waals surface area contributed by atoms with Crippen molar-refractivity contribution in [3.8, 4) is 0 Å². The number of rotatable bonds is 13. The van der Waals surface area contributed by atoms with E-state index in [1.54, 1.807) is 7.05 Å². The monoisotopic (exact) mass is 667 g/mol. The summed E-state index contributed by atoms with van der Waals surface area (Å²) in [5, 5.41) is 84.8. The van der Waals surface area contributed by atoms with E-state index in [1.807, 2.05) is 0 Å². The number of nitrogens with zero attached hydrogens (tertiary/aromatic N) is 2. The lowest BCUT2D eigenvalue weighted by molar-refractivity contribution is -0.272. The molecule has 3 rings (SSSR count). The fourth-order valence-electron chi connectivity index (χ4n) is 5.96. The Kier molecular flexibility index (Phi) is 14.4. The van der Waals surface area contributed by atoms with Crippen LogP contribution in [0.4, 0.5) is 0 Å². The first-order valence-corrected chi connectivity index (χ1v) is 15.4. The molecule has 2 heterocycles. The van der Waals surface area contributed by atoms with Gasteiger partial charge in [0.15, 0.2) is 12.6 Å². The van der Waals surface area contributed by atoms with Crippen LogP contribution in [0.3, 0.4) is 0 Å². The van der Waals surface area contributed by atoms with Gasteiger partial charge >= 0.3 is 0 Å². The third-order valence-corrected chi connectivity index (χ3v) is 8.63. The highest BCUT2D eigenvalue weighted by molar-refractivity contribution is 5.85. The van der Waals surface area contributed by atoms with Crippen LogP contribution in [0.5, 0.6) is 0 Å². The molecule has 17 N–H and O–H groups in total. The second kappa shape index (κ2) is 17.1. The van der Waals surface area contributed by atoms with Crippen LogP contribution in [-0.4, -0.2) is 177 Å². The molecule has 2 saturated heterocycles. The van der Waals surface area contributed by atoms with Crippen molar-refractivity contribution in [3.05, 3.63) is 0 Å². The number of hydrogen-bond donors (Lipinski definition) is 13. The van der Waals surface area contributed by atoms with Crippen molar-refractivity contribution in [2.24, 2.45) is 32.9 Å². The Labute approximate surface area is 267 Å². The summed E-state index contributed by atoms with van der Waals surface area (Å²) >= 11 is 0. The molecule has 2 aliphatic heterocycles. The quantitative estimate of drug-likeness (QED) is 0.0641. The second-order valence-electron chi connectivity index (χ2n) is 12.4. The average Bonchev–Trinajstić information content (AvgIpc) is 3.13. The number of ether oxygens (including phenoxy) is 4. The lowest BCUT2D eigenvalue weighted by Gasteiger charge is -2.45. The van der Waals surface area contributed by atoms with E-state index in [0.29, 0.717) is 12.8 Å². The van der Waals surface area contributed by atoms with Crippen molar-refractivity contribution >= 4 is 11.7 Å². The van der Waals surface area contributed by atoms with E-state index >= 15 is 0 Å². The van der Waals surface area contributed by atoms with Crippen LogP contribution in [0, 0.1) is 0 Å². The standard InChI is InChI=1S/C27H53N7O12/c1-27(42)10-43-18(6-15(37)24(27)32-2)45-23-14(34-25(31)20(40)19(39)16(38)8-35)5-13(29)22(21(23)41)46-26-12(28)4-3-11(44-26)7-33-17(30)9-36/h11-16,18-24,26,32,35-42H,3-10,28-29H2,1-2H3,(H2,30,33)(H2,31,34). The first-order chi connectivity index (χ1) is 21.6. The van der Waals surface area contributed by atoms with E-state index in [2.05, 4.69) is 15.3 Å². The van der Waals surface area contributed by atoms with E-state index in [4.69, 9.17) is 52.1 Å². The van der Waals surface area contributed by atoms with Gasteiger partial charge in [0, 0.05) is 12.5 Å². The lowest BCUT2D eigenvalue weighted by Crippen LogP contribution is -2.63. The molecule has 0 amide bonds. The summed E-state index contributed by atoms with van der Waals surface area (Å²) < 4.78 is 24.1. The van der Waals surface area contributed by atoms with Gasteiger partial charge in [-0.1, -0.05) is 0 Å². The van der Waals surface area contributed by atoms with Gasteiger partial charge in [-0.15, -0.1) is 0 Å². The maximum absolute atomic E-state index is 11.6. The fourth-order valence-corrected chi connectivity index (χ4v) is 5.96. The third kappa shape index (κ3) is 9.71. The molecule has 0 aromatic heterocycles. The minimum atomic E-state index is -1.89. The van der Waals surface area contributed by atoms with E-state index in [0.717, 1.165) is 0 Å². The maximum atomic E-state index is 11.6. The maximum Gasteiger partial charge on any atom is 0.173 e. The molecule has 0 bridgehead atoms. The molecule has 15 unspecified atom stereocenters. The predicted molar refractivity (Wildman–Crippen MR) is 162 cm³/mol. The van der Waals surface area contributed by atoms with Gasteiger partial charge in [0.2, 0.25) is 0 Å². The van der Waals surface area contributed by atoms with Crippen molar-refractivity contribution in [3.63, 3.8) is 0 Å². The zero-order valence-corrected chi connectivity index (χ0v) is 26.2. The molecule has 0 aromatic carbocycles. The summed E-state index contributed by atoms with van der Waals surface area (Å²) in [5.74, 6) is -0.482. The molecule has 0 radical (unpaired) electrons. The van der Waals surface area contributed by atoms with Crippen molar-refractivity contribution < 1.29 is 59.8 Å². The van der Waals surface area contributed by atoms with Gasteiger partial charge in [-0.2, -0.15) is 0 Å². The molecular formula is C27H53N7O12. The van der Waals surface area contributed by atoms with Crippen molar-refractivity contribution in [1.29, 1.82) is 0 Å². The van der Waals surface area contributed by atoms with Gasteiger partial charge in [-0.3, -0.25) is 9.98 Å². The smallest absolute Gasteiger partial charge is 0.173 e. The molecule has 3 aliphatic rings. The van der Waals surface area contributed by atoms with E-state index in [-0.39, 0.29) is 31.8 Å². The summed E-state index contributed by atoms with van der Waals surface area (Å²) in [6, 6.07) is -3.32. The topological polar surface area (TPSA) is 340 Å². The molecule has 0 aromatic rings. The van der Waals surface area contributed by atoms with Gasteiger partial charge in [-0.05, 0) is 33.2 Å². The first-order valence-electron chi connectivity index (χ1n) is 15.4. The zero-order valence-electron chi connectivity index (χ0n) is 26.2. The van der Waals surface area contributed by atoms with E-state index in [9.17, 15) is 30.6 Å². The zero-order chi connectivity index (χ0) is 34.3. The fraction of sp³-hybridized carbons (Fsp3) is 0.926. The van der Waals surface area contributed by atoms with Crippen molar-refractivity contribution in [2.45, 2.75) is 124 Å². The SMILES string of the molecule is CNC1C(O)CC(OC2C(N=C(N)C(O)C(O)C(O)CO)CC(N)C(OC3OC(CN=C(N)CO)CCC3N)C2O)OCC1(C)O. The summed E-state index contributed by atoms with van der Waals surface area (Å²) in [5.41, 5.74) is 22.8. The van der Waals surface area contributed by atoms with Crippen LogP contribution >= 0.6 is 0 Å². The van der Waals surface area contributed by atoms with Gasteiger partial charge in [0.1, 0.15) is 60.5 Å². The number of aliphatic imine (C=N–C) groups is 2. The Morgan fingerprint density at radius 1 is 1.04 bits per heavy atom. The van der Waals surface area contributed by atoms with Crippen LogP contribution in [0.25, 0.3) is 0 Å². The third-order valence-electron chi connectivity index (χ3n) is 8.63. The Hall–Kier alpha value is -1.66. The highest BCUT2D eigenvalue weighted by Gasteiger charge is 2.49. The van der Waals surface area contributed by atoms with Gasteiger partial charge in [0.25, 0.3) is 0 Å². The Morgan fingerprint density at radius 3 is 2.37 bits per heavy atom. The Balaban J connectivity index is 1.87. The number of nitrogens with one attached hydrogen (secondary N) is 1. The number of aliphatic hydroxyl groups excluding tert-OH is 7. The molecule has 19 heteroatoms. The van der Waals surface area contributed by atoms with Crippen molar-refractivity contribution in [1.82, 2.24) is 5.32 Å². The molecule has 46 heavy (non-hydrogen) atoms. The predicted octanol–water partition coefficient (Wildman–Crippen LogP) is -6.72. The van der Waals surface area contributed by atoms with Gasteiger partial charge in [0.05, 0.1) is 50.1 Å². The Morgan fingerprint density at radius 2 is 1.74 bits per heavy atom. The number of hydrogen-bond acceptors (Lipinski definition) is 17. The Bertz CT molecular complexity index is 1010. The number of aliphatic hydroxyl groups is 8. The van der Waals surface area contributed by atoms with Crippen LogP contribution < -0.4 is 28.3 Å². The molecule has 1 aliphatic carbocycles.